The van der Waals surface area contributed by atoms with Gasteiger partial charge in [-0.2, -0.15) is 0 Å². The van der Waals surface area contributed by atoms with Gasteiger partial charge in [0.15, 0.2) is 0 Å². The summed E-state index contributed by atoms with van der Waals surface area (Å²) in [6.45, 7) is 0.257. The van der Waals surface area contributed by atoms with Crippen molar-refractivity contribution in [2.45, 2.75) is 32.9 Å². The molecule has 1 saturated heterocycles. The maximum Gasteiger partial charge on any atom is 0.262 e. The number of fused-ring (bicyclic) bond motifs is 1. The Morgan fingerprint density at radius 3 is 2.45 bits per heavy atom. The predicted molar refractivity (Wildman–Crippen MR) is 77.7 cm³/mol. The number of carbonyl (C=O) groups excluding carboxylic acids is 4. The van der Waals surface area contributed by atoms with E-state index in [4.69, 9.17) is 5.73 Å². The van der Waals surface area contributed by atoms with Gasteiger partial charge in [0, 0.05) is 13.0 Å². The number of benzene rings is 1. The Labute approximate surface area is 127 Å². The fraction of sp³-hybridized carbons (Fsp3) is 0.333. The van der Waals surface area contributed by atoms with Gasteiger partial charge in [0.1, 0.15) is 6.04 Å². The summed E-state index contributed by atoms with van der Waals surface area (Å²) in [6, 6.07) is 3.86. The first-order chi connectivity index (χ1) is 10.0. The van der Waals surface area contributed by atoms with E-state index in [1.165, 1.54) is 0 Å². The van der Waals surface area contributed by atoms with Gasteiger partial charge in [-0.1, -0.05) is 13.5 Å². The molecular formula is C15H17N3O4. The highest BCUT2D eigenvalue weighted by Gasteiger charge is 2.44. The van der Waals surface area contributed by atoms with E-state index in [1.807, 2.05) is 0 Å². The average Bonchev–Trinajstić information content (AvgIpc) is 2.71. The first-order valence-electron chi connectivity index (χ1n) is 6.57. The highest BCUT2D eigenvalue weighted by molar-refractivity contribution is 6.23. The first kappa shape index (κ1) is 15.8. The monoisotopic (exact) mass is 303 g/mol. The molecule has 0 aromatic heterocycles. The Hall–Kier alpha value is -2.54. The standard InChI is InChI=1S/C14H13N3O4.CH4/c15-6-7-1-2-8-9(5-7)14(21)17(13(8)20)10-3-4-11(18)16-12(10)19;/h1-2,5,10H,3-4,6,15H2,(H,16,18,19);1H4. The largest absolute Gasteiger partial charge is 0.326 e. The van der Waals surface area contributed by atoms with Crippen LogP contribution < -0.4 is 11.1 Å². The van der Waals surface area contributed by atoms with Crippen LogP contribution in [-0.2, 0) is 16.1 Å². The minimum Gasteiger partial charge on any atom is -0.326 e. The maximum absolute atomic E-state index is 12.4. The molecule has 1 fully saturated rings. The lowest BCUT2D eigenvalue weighted by molar-refractivity contribution is -0.136. The van der Waals surface area contributed by atoms with Crippen molar-refractivity contribution in [3.8, 4) is 0 Å². The van der Waals surface area contributed by atoms with Crippen molar-refractivity contribution in [3.05, 3.63) is 34.9 Å². The van der Waals surface area contributed by atoms with Crippen LogP contribution in [0.4, 0.5) is 0 Å². The lowest BCUT2D eigenvalue weighted by Gasteiger charge is -2.27. The van der Waals surface area contributed by atoms with Crippen LogP contribution in [0.5, 0.6) is 0 Å². The zero-order chi connectivity index (χ0) is 15.1. The average molecular weight is 303 g/mol. The smallest absolute Gasteiger partial charge is 0.262 e. The number of carbonyl (C=O) groups is 4. The van der Waals surface area contributed by atoms with Gasteiger partial charge in [0.05, 0.1) is 11.1 Å². The Kier molecular flexibility index (Phi) is 4.09. The van der Waals surface area contributed by atoms with Crippen LogP contribution in [-0.4, -0.2) is 34.6 Å². The van der Waals surface area contributed by atoms with E-state index in [1.54, 1.807) is 18.2 Å². The summed E-state index contributed by atoms with van der Waals surface area (Å²) >= 11 is 0. The van der Waals surface area contributed by atoms with E-state index in [-0.39, 0.29) is 37.9 Å². The maximum atomic E-state index is 12.4. The van der Waals surface area contributed by atoms with Crippen LogP contribution in [0.15, 0.2) is 18.2 Å². The van der Waals surface area contributed by atoms with Gasteiger partial charge < -0.3 is 5.73 Å². The summed E-state index contributed by atoms with van der Waals surface area (Å²) in [4.78, 5) is 48.7. The number of hydrogen-bond acceptors (Lipinski definition) is 5. The molecule has 2 aliphatic heterocycles. The fourth-order valence-electron chi connectivity index (χ4n) is 2.65. The van der Waals surface area contributed by atoms with E-state index in [9.17, 15) is 19.2 Å². The summed E-state index contributed by atoms with van der Waals surface area (Å²) in [6.07, 6.45) is 0.262. The molecule has 0 radical (unpaired) electrons. The van der Waals surface area contributed by atoms with Gasteiger partial charge in [-0.15, -0.1) is 0 Å². The van der Waals surface area contributed by atoms with Crippen LogP contribution in [0.3, 0.4) is 0 Å². The fourth-order valence-corrected chi connectivity index (χ4v) is 2.65. The first-order valence-corrected chi connectivity index (χ1v) is 6.57. The molecule has 22 heavy (non-hydrogen) atoms. The molecule has 3 N–H and O–H groups in total. The van der Waals surface area contributed by atoms with Crippen molar-refractivity contribution in [3.63, 3.8) is 0 Å². The molecule has 0 saturated carbocycles. The molecule has 4 amide bonds. The number of imide groups is 2. The summed E-state index contributed by atoms with van der Waals surface area (Å²) < 4.78 is 0. The molecule has 1 unspecified atom stereocenters. The molecular weight excluding hydrogens is 286 g/mol. The minimum atomic E-state index is -0.934. The van der Waals surface area contributed by atoms with E-state index < -0.39 is 29.7 Å². The van der Waals surface area contributed by atoms with Gasteiger partial charge >= 0.3 is 0 Å². The van der Waals surface area contributed by atoms with E-state index >= 15 is 0 Å². The molecule has 2 aliphatic rings. The van der Waals surface area contributed by atoms with Crippen molar-refractivity contribution in [1.29, 1.82) is 0 Å². The molecule has 0 spiro atoms. The normalized spacial score (nSPS) is 20.6. The Balaban J connectivity index is 0.00000176. The zero-order valence-electron chi connectivity index (χ0n) is 11.1. The quantitative estimate of drug-likeness (QED) is 0.758. The third-order valence-electron chi connectivity index (χ3n) is 3.74. The summed E-state index contributed by atoms with van der Waals surface area (Å²) in [5.41, 5.74) is 6.79. The number of piperidine rings is 1. The summed E-state index contributed by atoms with van der Waals surface area (Å²) in [5, 5.41) is 2.15. The molecule has 7 nitrogen and oxygen atoms in total. The third-order valence-corrected chi connectivity index (χ3v) is 3.74. The van der Waals surface area contributed by atoms with Crippen molar-refractivity contribution in [2.24, 2.45) is 5.73 Å². The highest BCUT2D eigenvalue weighted by atomic mass is 16.2. The van der Waals surface area contributed by atoms with Gasteiger partial charge in [-0.3, -0.25) is 29.4 Å². The second-order valence-electron chi connectivity index (χ2n) is 5.03. The van der Waals surface area contributed by atoms with Crippen LogP contribution in [0.25, 0.3) is 0 Å². The molecule has 7 heteroatoms. The Morgan fingerprint density at radius 2 is 1.82 bits per heavy atom. The van der Waals surface area contributed by atoms with Crippen LogP contribution >= 0.6 is 0 Å². The molecule has 116 valence electrons. The predicted octanol–water partition coefficient (Wildman–Crippen LogP) is 0.183. The summed E-state index contributed by atoms with van der Waals surface area (Å²) in [5.74, 6) is -2.02. The van der Waals surface area contributed by atoms with E-state index in [0.29, 0.717) is 0 Å². The van der Waals surface area contributed by atoms with Crippen LogP contribution in [0, 0.1) is 0 Å². The SMILES string of the molecule is C.NCc1ccc2c(c1)C(=O)N(C1CCC(=O)NC1=O)C2=O. The molecule has 1 aromatic rings. The molecule has 1 atom stereocenters. The van der Waals surface area contributed by atoms with Crippen LogP contribution in [0.2, 0.25) is 0 Å². The second kappa shape index (κ2) is 5.69. The number of amides is 4. The van der Waals surface area contributed by atoms with E-state index in [2.05, 4.69) is 5.32 Å². The number of rotatable bonds is 2. The lowest BCUT2D eigenvalue weighted by Crippen LogP contribution is -2.54. The number of nitrogens with one attached hydrogen (secondary N) is 1. The molecule has 2 heterocycles. The zero-order valence-corrected chi connectivity index (χ0v) is 11.1. The van der Waals surface area contributed by atoms with Gasteiger partial charge in [0.25, 0.3) is 11.8 Å². The summed E-state index contributed by atoms with van der Waals surface area (Å²) in [7, 11) is 0. The second-order valence-corrected chi connectivity index (χ2v) is 5.03. The van der Waals surface area contributed by atoms with Gasteiger partial charge in [-0.25, -0.2) is 0 Å². The van der Waals surface area contributed by atoms with E-state index in [0.717, 1.165) is 10.5 Å². The Bertz CT molecular complexity index is 683. The lowest BCUT2D eigenvalue weighted by atomic mass is 10.0. The van der Waals surface area contributed by atoms with Gasteiger partial charge in [0.2, 0.25) is 11.8 Å². The number of hydrogen-bond donors (Lipinski definition) is 2. The third kappa shape index (κ3) is 2.29. The van der Waals surface area contributed by atoms with Crippen molar-refractivity contribution in [1.82, 2.24) is 10.2 Å². The molecule has 1 aromatic carbocycles. The number of nitrogens with zero attached hydrogens (tertiary/aromatic N) is 1. The molecule has 0 aliphatic carbocycles. The van der Waals surface area contributed by atoms with Crippen LogP contribution in [0.1, 0.15) is 46.5 Å². The molecule has 3 rings (SSSR count). The van der Waals surface area contributed by atoms with Gasteiger partial charge in [-0.05, 0) is 24.1 Å². The topological polar surface area (TPSA) is 110 Å². The molecule has 0 bridgehead atoms. The van der Waals surface area contributed by atoms with Crippen molar-refractivity contribution in [2.75, 3.05) is 0 Å². The Morgan fingerprint density at radius 1 is 1.14 bits per heavy atom. The van der Waals surface area contributed by atoms with Crippen molar-refractivity contribution < 1.29 is 19.2 Å². The van der Waals surface area contributed by atoms with Crippen molar-refractivity contribution >= 4 is 23.6 Å². The highest BCUT2D eigenvalue weighted by Crippen LogP contribution is 2.28. The minimum absolute atomic E-state index is 0. The number of nitrogens with two attached hydrogens (primary N) is 1.